The summed E-state index contributed by atoms with van der Waals surface area (Å²) in [6.45, 7) is 1.37. The van der Waals surface area contributed by atoms with Gasteiger partial charge in [-0.2, -0.15) is 8.42 Å². The summed E-state index contributed by atoms with van der Waals surface area (Å²) in [6.07, 6.45) is 7.01. The van der Waals surface area contributed by atoms with E-state index in [1.165, 1.54) is 24.0 Å². The number of benzene rings is 2. The van der Waals surface area contributed by atoms with Crippen molar-refractivity contribution < 1.29 is 17.5 Å². The van der Waals surface area contributed by atoms with Gasteiger partial charge in [0.15, 0.2) is 0 Å². The van der Waals surface area contributed by atoms with E-state index in [1.54, 1.807) is 34.7 Å². The van der Waals surface area contributed by atoms with Crippen LogP contribution < -0.4 is 10.1 Å². The summed E-state index contributed by atoms with van der Waals surface area (Å²) in [5.41, 5.74) is 5.78. The van der Waals surface area contributed by atoms with Crippen LogP contribution in [0.4, 0.5) is 15.9 Å². The fourth-order valence-corrected chi connectivity index (χ4v) is 6.72. The third-order valence-corrected chi connectivity index (χ3v) is 9.26. The Morgan fingerprint density at radius 3 is 2.69 bits per heavy atom. The fraction of sp³-hybridized carbons (Fsp3) is 0.176. The minimum absolute atomic E-state index is 0.237. The zero-order chi connectivity index (χ0) is 33.3. The van der Waals surface area contributed by atoms with Crippen molar-refractivity contribution >= 4 is 65.5 Å². The van der Waals surface area contributed by atoms with Crippen LogP contribution in [-0.4, -0.2) is 56.8 Å². The SMILES string of the molecule is O=S(=O)=CN(CCCc1nc(-c2cc3c(Nc4ccc(OCc5cccc(F)c5)c(Br)c4)ncnc3cn2)cs1)CCc1ccccn1. The van der Waals surface area contributed by atoms with E-state index in [4.69, 9.17) is 9.72 Å². The number of pyridine rings is 2. The monoisotopic (exact) mass is 745 g/mol. The number of hydrogen-bond acceptors (Lipinski definition) is 10. The largest absolute Gasteiger partial charge is 0.488 e. The van der Waals surface area contributed by atoms with E-state index >= 15 is 0 Å². The van der Waals surface area contributed by atoms with E-state index in [9.17, 15) is 12.8 Å². The summed E-state index contributed by atoms with van der Waals surface area (Å²) < 4.78 is 42.9. The van der Waals surface area contributed by atoms with Crippen LogP contribution in [0.25, 0.3) is 22.3 Å². The van der Waals surface area contributed by atoms with Crippen molar-refractivity contribution in [2.45, 2.75) is 25.9 Å². The molecule has 2 aromatic carbocycles. The van der Waals surface area contributed by atoms with Crippen molar-refractivity contribution in [3.8, 4) is 17.1 Å². The lowest BCUT2D eigenvalue weighted by atomic mass is 10.2. The molecule has 6 aromatic rings. The van der Waals surface area contributed by atoms with Crippen molar-refractivity contribution in [3.63, 3.8) is 0 Å². The first kappa shape index (κ1) is 33.3. The maximum absolute atomic E-state index is 13.5. The van der Waals surface area contributed by atoms with Crippen molar-refractivity contribution in [1.82, 2.24) is 29.8 Å². The smallest absolute Gasteiger partial charge is 0.225 e. The van der Waals surface area contributed by atoms with Gasteiger partial charge in [0, 0.05) is 54.3 Å². The van der Waals surface area contributed by atoms with E-state index in [1.807, 2.05) is 53.9 Å². The lowest BCUT2D eigenvalue weighted by Crippen LogP contribution is -2.26. The van der Waals surface area contributed by atoms with Crippen LogP contribution in [-0.2, 0) is 29.7 Å². The van der Waals surface area contributed by atoms with Crippen molar-refractivity contribution in [1.29, 1.82) is 0 Å². The Morgan fingerprint density at radius 1 is 0.958 bits per heavy atom. The molecule has 0 aliphatic rings. The summed E-state index contributed by atoms with van der Waals surface area (Å²) >= 11 is 5.12. The minimum Gasteiger partial charge on any atom is -0.488 e. The molecule has 0 spiro atoms. The van der Waals surface area contributed by atoms with Gasteiger partial charge in [0.1, 0.15) is 35.8 Å². The highest BCUT2D eigenvalue weighted by atomic mass is 79.9. The molecule has 4 aromatic heterocycles. The Labute approximate surface area is 290 Å². The van der Waals surface area contributed by atoms with Gasteiger partial charge in [-0.25, -0.2) is 19.3 Å². The van der Waals surface area contributed by atoms with Crippen molar-refractivity contribution in [2.75, 3.05) is 18.4 Å². The summed E-state index contributed by atoms with van der Waals surface area (Å²) in [4.78, 5) is 24.4. The van der Waals surface area contributed by atoms with Crippen molar-refractivity contribution in [3.05, 3.63) is 117 Å². The summed E-state index contributed by atoms with van der Waals surface area (Å²) in [6, 6.07) is 19.5. The molecular formula is C34H29BrFN7O3S2. The van der Waals surface area contributed by atoms with Gasteiger partial charge in [-0.05, 0) is 76.4 Å². The number of nitrogens with one attached hydrogen (secondary N) is 1. The lowest BCUT2D eigenvalue weighted by molar-refractivity contribution is 0.303. The maximum atomic E-state index is 13.5. The Morgan fingerprint density at radius 2 is 1.88 bits per heavy atom. The number of fused-ring (bicyclic) bond motifs is 1. The first-order valence-corrected chi connectivity index (χ1v) is 17.8. The van der Waals surface area contributed by atoms with Crippen molar-refractivity contribution in [2.24, 2.45) is 0 Å². The number of aryl methyl sites for hydroxylation is 1. The van der Waals surface area contributed by atoms with E-state index in [-0.39, 0.29) is 12.4 Å². The number of hydrogen-bond donors (Lipinski definition) is 1. The van der Waals surface area contributed by atoms with Crippen LogP contribution in [0, 0.1) is 5.82 Å². The summed E-state index contributed by atoms with van der Waals surface area (Å²) in [5.74, 6) is 0.930. The average molecular weight is 747 g/mol. The third-order valence-electron chi connectivity index (χ3n) is 7.27. The molecule has 1 N–H and O–H groups in total. The predicted octanol–water partition coefficient (Wildman–Crippen LogP) is 6.88. The molecular weight excluding hydrogens is 717 g/mol. The first-order chi connectivity index (χ1) is 23.4. The molecule has 0 radical (unpaired) electrons. The van der Waals surface area contributed by atoms with Crippen LogP contribution in [0.1, 0.15) is 22.7 Å². The van der Waals surface area contributed by atoms with E-state index in [0.29, 0.717) is 48.7 Å². The molecule has 14 heteroatoms. The van der Waals surface area contributed by atoms with E-state index in [0.717, 1.165) is 43.9 Å². The number of thiazole rings is 1. The molecule has 0 unspecified atom stereocenters. The van der Waals surface area contributed by atoms with Gasteiger partial charge in [-0.15, -0.1) is 11.3 Å². The van der Waals surface area contributed by atoms with Gasteiger partial charge < -0.3 is 10.1 Å². The van der Waals surface area contributed by atoms with E-state index < -0.39 is 10.3 Å². The lowest BCUT2D eigenvalue weighted by Gasteiger charge is -2.15. The predicted molar refractivity (Wildman–Crippen MR) is 189 cm³/mol. The van der Waals surface area contributed by atoms with Gasteiger partial charge in [-0.3, -0.25) is 14.9 Å². The van der Waals surface area contributed by atoms with Crippen LogP contribution in [0.15, 0.2) is 95.3 Å². The van der Waals surface area contributed by atoms with Gasteiger partial charge >= 0.3 is 0 Å². The molecule has 0 amide bonds. The molecule has 0 atom stereocenters. The number of nitrogens with zero attached hydrogens (tertiary/aromatic N) is 6. The second-order valence-electron chi connectivity index (χ2n) is 10.7. The standard InChI is InChI=1S/C34H29BrFN7O3S2/c35-28-16-26(9-10-32(28)46-19-23-5-3-6-24(36)15-23)41-34-27-17-29(38-18-30(27)39-21-40-34)31-20-47-33(42-31)8-4-13-43(22-48(44)45)14-11-25-7-1-2-12-37-25/h1-3,5-7,9-10,12,15-18,20-22H,4,8,11,13-14,19H2,(H,39,40,41). The molecule has 6 rings (SSSR count). The molecule has 10 nitrogen and oxygen atoms in total. The number of anilines is 2. The van der Waals surface area contributed by atoms with Gasteiger partial charge in [-0.1, -0.05) is 18.2 Å². The zero-order valence-electron chi connectivity index (χ0n) is 25.5. The van der Waals surface area contributed by atoms with Gasteiger partial charge in [0.05, 0.1) is 32.6 Å². The van der Waals surface area contributed by atoms with Crippen LogP contribution >= 0.6 is 27.3 Å². The Bertz CT molecular complexity index is 2160. The Kier molecular flexibility index (Phi) is 11.1. The highest BCUT2D eigenvalue weighted by Crippen LogP contribution is 2.32. The highest BCUT2D eigenvalue weighted by Gasteiger charge is 2.13. The average Bonchev–Trinajstić information content (AvgIpc) is 3.56. The molecule has 4 heterocycles. The normalized spacial score (nSPS) is 11.1. The second-order valence-corrected chi connectivity index (χ2v) is 13.2. The molecule has 0 aliphatic heterocycles. The molecule has 0 bridgehead atoms. The summed E-state index contributed by atoms with van der Waals surface area (Å²) in [7, 11) is -2.28. The van der Waals surface area contributed by atoms with Gasteiger partial charge in [0.2, 0.25) is 10.3 Å². The maximum Gasteiger partial charge on any atom is 0.225 e. The summed E-state index contributed by atoms with van der Waals surface area (Å²) in [5, 5.41) is 7.05. The van der Waals surface area contributed by atoms with Crippen LogP contribution in [0.3, 0.4) is 0 Å². The third kappa shape index (κ3) is 9.04. The molecule has 0 aliphatic carbocycles. The second kappa shape index (κ2) is 16.0. The molecule has 0 fully saturated rings. The molecule has 48 heavy (non-hydrogen) atoms. The van der Waals surface area contributed by atoms with Gasteiger partial charge in [0.25, 0.3) is 0 Å². The van der Waals surface area contributed by atoms with E-state index in [2.05, 4.69) is 41.2 Å². The highest BCUT2D eigenvalue weighted by molar-refractivity contribution is 9.10. The van der Waals surface area contributed by atoms with Crippen LogP contribution in [0.5, 0.6) is 5.75 Å². The zero-order valence-corrected chi connectivity index (χ0v) is 28.7. The number of rotatable bonds is 14. The van der Waals surface area contributed by atoms with Crippen LogP contribution in [0.2, 0.25) is 0 Å². The Balaban J connectivity index is 1.10. The fourth-order valence-electron chi connectivity index (χ4n) is 4.94. The molecule has 0 saturated heterocycles. The molecule has 244 valence electrons. The Hall–Kier alpha value is -4.63. The quantitative estimate of drug-likeness (QED) is 0.118. The first-order valence-electron chi connectivity index (χ1n) is 15.0. The minimum atomic E-state index is -2.28. The number of aromatic nitrogens is 5. The topological polar surface area (TPSA) is 123 Å². The number of halogens is 2. The number of ether oxygens (including phenoxy) is 1. The molecule has 0 saturated carbocycles.